The van der Waals surface area contributed by atoms with Gasteiger partial charge < -0.3 is 15.1 Å². The molecule has 51 heavy (non-hydrogen) atoms. The number of rotatable bonds is 7. The predicted octanol–water partition coefficient (Wildman–Crippen LogP) is 5.38. The van der Waals surface area contributed by atoms with Crippen molar-refractivity contribution in [2.75, 3.05) is 63.1 Å². The van der Waals surface area contributed by atoms with Crippen molar-refractivity contribution in [3.05, 3.63) is 73.6 Å². The van der Waals surface area contributed by atoms with Crippen molar-refractivity contribution in [2.45, 2.75) is 77.2 Å². The molecule has 4 atom stereocenters. The third-order valence-corrected chi connectivity index (χ3v) is 13.4. The largest absolute Gasteiger partial charge is 0.379 e. The average Bonchev–Trinajstić information content (AvgIpc) is 3.11. The van der Waals surface area contributed by atoms with Gasteiger partial charge >= 0.3 is 0 Å². The molecule has 0 saturated carbocycles. The maximum absolute atomic E-state index is 12.6. The number of benzene rings is 1. The fourth-order valence-corrected chi connectivity index (χ4v) is 9.81. The van der Waals surface area contributed by atoms with Gasteiger partial charge in [-0.15, -0.1) is 0 Å². The Labute approximate surface area is 310 Å². The molecule has 2 N–H and O–H groups in total. The summed E-state index contributed by atoms with van der Waals surface area (Å²) in [6.07, 6.45) is 14.7. The second kappa shape index (κ2) is 15.0. The highest BCUT2D eigenvalue weighted by molar-refractivity contribution is 9.10. The molecule has 4 saturated heterocycles. The van der Waals surface area contributed by atoms with Gasteiger partial charge in [0.05, 0.1) is 17.8 Å². The van der Waals surface area contributed by atoms with Crippen molar-refractivity contribution in [3.63, 3.8) is 0 Å². The molecular formula is C40H54BrN7O3. The number of carbonyl (C=O) groups is 2. The van der Waals surface area contributed by atoms with Gasteiger partial charge in [0.2, 0.25) is 11.8 Å². The second-order valence-corrected chi connectivity index (χ2v) is 17.0. The molecule has 0 radical (unpaired) electrons. The Bertz CT molecular complexity index is 1770. The van der Waals surface area contributed by atoms with Crippen LogP contribution in [0.2, 0.25) is 0 Å². The first-order valence-corrected chi connectivity index (χ1v) is 19.7. The Balaban J connectivity index is 0.914. The van der Waals surface area contributed by atoms with Crippen LogP contribution < -0.4 is 21.1 Å². The number of anilines is 2. The maximum Gasteiger partial charge on any atom is 0.282 e. The minimum atomic E-state index is -0.240. The number of hydrogen-bond acceptors (Lipinski definition) is 8. The molecule has 10 nitrogen and oxygen atoms in total. The minimum absolute atomic E-state index is 0.127. The molecule has 2 amide bonds. The highest BCUT2D eigenvalue weighted by atomic mass is 79.9. The normalized spacial score (nSPS) is 27.6. The number of nitrogens with zero attached hydrogens (tertiary/aromatic N) is 5. The third kappa shape index (κ3) is 7.90. The van der Waals surface area contributed by atoms with Crippen molar-refractivity contribution in [1.82, 2.24) is 24.9 Å². The summed E-state index contributed by atoms with van der Waals surface area (Å²) < 4.78 is 1.90. The smallest absolute Gasteiger partial charge is 0.282 e. The lowest BCUT2D eigenvalue weighted by Gasteiger charge is -2.48. The van der Waals surface area contributed by atoms with Crippen LogP contribution in [-0.4, -0.2) is 90.3 Å². The first-order chi connectivity index (χ1) is 24.5. The van der Waals surface area contributed by atoms with Crippen molar-refractivity contribution in [2.24, 2.45) is 24.3 Å². The summed E-state index contributed by atoms with van der Waals surface area (Å²) in [7, 11) is 3.87. The van der Waals surface area contributed by atoms with Crippen LogP contribution in [0.1, 0.15) is 75.3 Å². The highest BCUT2D eigenvalue weighted by Gasteiger charge is 2.39. The van der Waals surface area contributed by atoms with Crippen LogP contribution >= 0.6 is 15.9 Å². The van der Waals surface area contributed by atoms with E-state index < -0.39 is 0 Å². The van der Waals surface area contributed by atoms with E-state index in [0.29, 0.717) is 34.6 Å². The number of halogens is 1. The number of hydrogen-bond donors (Lipinski definition) is 2. The van der Waals surface area contributed by atoms with Gasteiger partial charge in [-0.25, -0.2) is 4.68 Å². The van der Waals surface area contributed by atoms with E-state index in [0.717, 1.165) is 62.4 Å². The molecule has 1 aromatic carbocycles. The number of piperidine rings is 4. The lowest BCUT2D eigenvalue weighted by Crippen LogP contribution is -2.47. The van der Waals surface area contributed by atoms with Gasteiger partial charge in [-0.2, -0.15) is 5.10 Å². The number of allylic oxidation sites excluding steroid dienone is 2. The number of likely N-dealkylation sites (N-methyl/N-ethyl adjacent to an activating group) is 1. The van der Waals surface area contributed by atoms with Crippen LogP contribution in [0.3, 0.4) is 0 Å². The van der Waals surface area contributed by atoms with E-state index in [2.05, 4.69) is 97.6 Å². The topological polar surface area (TPSA) is 103 Å². The number of imide groups is 1. The molecule has 1 spiro atoms. The molecular weight excluding hydrogens is 706 g/mol. The monoisotopic (exact) mass is 759 g/mol. The van der Waals surface area contributed by atoms with Gasteiger partial charge in [0.25, 0.3) is 5.56 Å². The lowest BCUT2D eigenvalue weighted by atomic mass is 9.71. The van der Waals surface area contributed by atoms with Crippen LogP contribution in [0.15, 0.2) is 57.0 Å². The zero-order valence-corrected chi connectivity index (χ0v) is 32.3. The van der Waals surface area contributed by atoms with Crippen molar-refractivity contribution in [1.29, 1.82) is 0 Å². The number of nitrogens with one attached hydrogen (secondary N) is 2. The van der Waals surface area contributed by atoms with E-state index in [-0.39, 0.29) is 29.3 Å². The molecule has 7 rings (SSSR count). The summed E-state index contributed by atoms with van der Waals surface area (Å²) in [6.45, 7) is 12.0. The summed E-state index contributed by atoms with van der Waals surface area (Å²) in [5.74, 6) is 0.472. The Kier molecular flexibility index (Phi) is 10.6. The fourth-order valence-electron chi connectivity index (χ4n) is 9.34. The Hall–Kier alpha value is -3.28. The predicted molar refractivity (Wildman–Crippen MR) is 206 cm³/mol. The summed E-state index contributed by atoms with van der Waals surface area (Å²) in [4.78, 5) is 44.3. The maximum atomic E-state index is 12.6. The van der Waals surface area contributed by atoms with Crippen LogP contribution in [0.4, 0.5) is 11.4 Å². The highest BCUT2D eigenvalue weighted by Crippen LogP contribution is 2.43. The molecule has 4 fully saturated rings. The molecule has 1 aromatic heterocycles. The Morgan fingerprint density at radius 3 is 2.49 bits per heavy atom. The van der Waals surface area contributed by atoms with Gasteiger partial charge in [0, 0.05) is 57.9 Å². The SMILES string of the molecule is Cc1ccc(N2CCC3(CCN(CC4=CC=C([C@H]5C[C@@H](Nc6cnn(C)c(=O)c6Br)CN(C)C5)CC4C)CC3)CC2)cc1C1CCC(=O)NC1=O. The molecule has 0 bridgehead atoms. The molecule has 274 valence electrons. The lowest BCUT2D eigenvalue weighted by molar-refractivity contribution is -0.134. The van der Waals surface area contributed by atoms with E-state index in [9.17, 15) is 14.4 Å². The molecule has 11 heteroatoms. The van der Waals surface area contributed by atoms with Gasteiger partial charge in [0.1, 0.15) is 4.47 Å². The number of likely N-dealkylation sites (tertiary alicyclic amines) is 2. The summed E-state index contributed by atoms with van der Waals surface area (Å²) in [6, 6.07) is 6.81. The Morgan fingerprint density at radius 2 is 1.76 bits per heavy atom. The van der Waals surface area contributed by atoms with Gasteiger partial charge in [-0.1, -0.05) is 36.3 Å². The zero-order valence-electron chi connectivity index (χ0n) is 30.7. The molecule has 5 aliphatic rings. The van der Waals surface area contributed by atoms with E-state index in [1.54, 1.807) is 24.4 Å². The van der Waals surface area contributed by atoms with E-state index in [4.69, 9.17) is 0 Å². The molecule has 2 unspecified atom stereocenters. The van der Waals surface area contributed by atoms with Gasteiger partial charge in [0.15, 0.2) is 0 Å². The quantitative estimate of drug-likeness (QED) is 0.363. The summed E-state index contributed by atoms with van der Waals surface area (Å²) >= 11 is 3.48. The van der Waals surface area contributed by atoms with E-state index >= 15 is 0 Å². The fraction of sp³-hybridized carbons (Fsp3) is 0.600. The molecule has 1 aliphatic carbocycles. The third-order valence-electron chi connectivity index (χ3n) is 12.7. The molecule has 4 aliphatic heterocycles. The van der Waals surface area contributed by atoms with Gasteiger partial charge in [-0.3, -0.25) is 24.6 Å². The second-order valence-electron chi connectivity index (χ2n) is 16.2. The van der Waals surface area contributed by atoms with Crippen molar-refractivity contribution in [3.8, 4) is 0 Å². The van der Waals surface area contributed by atoms with Gasteiger partial charge in [-0.05, 0) is 128 Å². The minimum Gasteiger partial charge on any atom is -0.379 e. The number of aromatic nitrogens is 2. The number of amides is 2. The first-order valence-electron chi connectivity index (χ1n) is 18.9. The van der Waals surface area contributed by atoms with Crippen LogP contribution in [0.5, 0.6) is 0 Å². The molecule has 2 aromatic rings. The average molecular weight is 761 g/mol. The number of carbonyl (C=O) groups excluding carboxylic acids is 2. The van der Waals surface area contributed by atoms with E-state index in [1.807, 2.05) is 0 Å². The molecule has 5 heterocycles. The van der Waals surface area contributed by atoms with Crippen molar-refractivity contribution >= 4 is 39.1 Å². The Morgan fingerprint density at radius 1 is 1.02 bits per heavy atom. The van der Waals surface area contributed by atoms with Crippen LogP contribution in [0.25, 0.3) is 0 Å². The summed E-state index contributed by atoms with van der Waals surface area (Å²) in [5.41, 5.74) is 7.58. The zero-order chi connectivity index (χ0) is 35.9. The van der Waals surface area contributed by atoms with E-state index in [1.165, 1.54) is 49.1 Å². The van der Waals surface area contributed by atoms with Crippen LogP contribution in [0, 0.1) is 24.2 Å². The van der Waals surface area contributed by atoms with Crippen LogP contribution in [-0.2, 0) is 16.6 Å². The standard InChI is InChI=1S/C40H54BrN7O3/c1-26-5-8-32(21-34(26)33-9-10-36(49)44-38(33)50)48-17-13-40(14-18-48)11-15-47(16-12-40)24-29-7-6-28(19-27(29)2)30-20-31(25-45(3)23-30)43-35-22-42-46(4)39(51)37(35)41/h5-8,21-22,27,30-31,33,43H,9-20,23-25H2,1-4H3,(H,44,49,50)/t27?,30-,31+,33?/m0/s1. The first kappa shape index (κ1) is 36.1. The summed E-state index contributed by atoms with van der Waals surface area (Å²) in [5, 5.41) is 10.4. The van der Waals surface area contributed by atoms with Crippen molar-refractivity contribution < 1.29 is 9.59 Å². The number of aryl methyl sites for hydroxylation is 2.